The number of aromatic nitrogens is 3. The third-order valence-electron chi connectivity index (χ3n) is 5.23. The highest BCUT2D eigenvalue weighted by Crippen LogP contribution is 2.15. The zero-order valence-electron chi connectivity index (χ0n) is 19.3. The van der Waals surface area contributed by atoms with Crippen molar-refractivity contribution in [3.8, 4) is 0 Å². The van der Waals surface area contributed by atoms with Crippen LogP contribution in [0.15, 0.2) is 46.8 Å². The Hall–Kier alpha value is -2.14. The van der Waals surface area contributed by atoms with Crippen LogP contribution in [0.1, 0.15) is 29.0 Å². The highest BCUT2D eigenvalue weighted by atomic mass is 127. The lowest BCUT2D eigenvalue weighted by Gasteiger charge is -2.24. The van der Waals surface area contributed by atoms with Crippen molar-refractivity contribution in [1.82, 2.24) is 25.4 Å². The molecule has 1 aromatic carbocycles. The number of nitrogens with one attached hydrogen (secondary N) is 2. The Morgan fingerprint density at radius 1 is 1.12 bits per heavy atom. The second-order valence-electron chi connectivity index (χ2n) is 7.49. The molecule has 0 fully saturated rings. The maximum atomic E-state index is 4.75. The van der Waals surface area contributed by atoms with E-state index in [0.717, 1.165) is 50.2 Å². The summed E-state index contributed by atoms with van der Waals surface area (Å²) in [6.45, 7) is 10.2. The maximum Gasteiger partial charge on any atom is 0.191 e. The van der Waals surface area contributed by atoms with Crippen molar-refractivity contribution in [1.29, 1.82) is 0 Å². The van der Waals surface area contributed by atoms with Crippen molar-refractivity contribution in [2.75, 3.05) is 31.1 Å². The van der Waals surface area contributed by atoms with Crippen LogP contribution in [-0.4, -0.2) is 46.9 Å². The topological polar surface area (TPSA) is 70.4 Å². The monoisotopic (exact) mass is 567 g/mol. The minimum absolute atomic E-state index is 0. The Kier molecular flexibility index (Phi) is 10.9. The zero-order valence-corrected chi connectivity index (χ0v) is 22.5. The van der Waals surface area contributed by atoms with Crippen molar-refractivity contribution in [2.45, 2.75) is 33.7 Å². The molecule has 174 valence electrons. The molecular formula is C23H34IN7S. The van der Waals surface area contributed by atoms with E-state index in [1.54, 1.807) is 11.3 Å². The van der Waals surface area contributed by atoms with E-state index < -0.39 is 0 Å². The minimum Gasteiger partial charge on any atom is -0.370 e. The van der Waals surface area contributed by atoms with Gasteiger partial charge in [0.05, 0.1) is 0 Å². The molecule has 0 unspecified atom stereocenters. The number of likely N-dealkylation sites (N-methyl/N-ethyl adjacent to an activating group) is 1. The number of benzene rings is 1. The van der Waals surface area contributed by atoms with Crippen LogP contribution >= 0.6 is 35.3 Å². The third-order valence-corrected chi connectivity index (χ3v) is 6.16. The smallest absolute Gasteiger partial charge is 0.191 e. The summed E-state index contributed by atoms with van der Waals surface area (Å²) in [5, 5.41) is 17.4. The molecule has 0 spiro atoms. The number of guanidine groups is 1. The van der Waals surface area contributed by atoms with E-state index in [1.807, 2.05) is 18.5 Å². The quantitative estimate of drug-likeness (QED) is 0.221. The van der Waals surface area contributed by atoms with Gasteiger partial charge in [0.25, 0.3) is 0 Å². The first-order valence-electron chi connectivity index (χ1n) is 10.8. The summed E-state index contributed by atoms with van der Waals surface area (Å²) in [6.07, 6.45) is 0.978. The SMILES string of the molecule is CCN(CCNC(=NCc1nnc(C)n1C)NCCc1cccs1)c1cccc(C)c1.I. The molecule has 0 radical (unpaired) electrons. The number of rotatable bonds is 10. The Morgan fingerprint density at radius 3 is 2.59 bits per heavy atom. The lowest BCUT2D eigenvalue weighted by Crippen LogP contribution is -2.42. The van der Waals surface area contributed by atoms with Gasteiger partial charge in [0.15, 0.2) is 11.8 Å². The third kappa shape index (κ3) is 7.77. The number of aliphatic imine (C=N–C) groups is 1. The van der Waals surface area contributed by atoms with Crippen LogP contribution in [0.4, 0.5) is 5.69 Å². The number of nitrogens with zero attached hydrogens (tertiary/aromatic N) is 5. The van der Waals surface area contributed by atoms with Crippen molar-refractivity contribution < 1.29 is 0 Å². The number of anilines is 1. The predicted molar refractivity (Wildman–Crippen MR) is 145 cm³/mol. The van der Waals surface area contributed by atoms with Gasteiger partial charge in [-0.25, -0.2) is 4.99 Å². The van der Waals surface area contributed by atoms with Gasteiger partial charge in [-0.15, -0.1) is 45.5 Å². The van der Waals surface area contributed by atoms with Crippen LogP contribution in [0, 0.1) is 13.8 Å². The highest BCUT2D eigenvalue weighted by molar-refractivity contribution is 14.0. The average molecular weight is 568 g/mol. The lowest BCUT2D eigenvalue weighted by molar-refractivity contribution is 0.730. The fourth-order valence-electron chi connectivity index (χ4n) is 3.28. The average Bonchev–Trinajstić information content (AvgIpc) is 3.39. The van der Waals surface area contributed by atoms with Crippen molar-refractivity contribution in [2.24, 2.45) is 12.0 Å². The Morgan fingerprint density at radius 2 is 1.94 bits per heavy atom. The molecule has 3 aromatic rings. The van der Waals surface area contributed by atoms with E-state index in [-0.39, 0.29) is 24.0 Å². The van der Waals surface area contributed by atoms with Gasteiger partial charge in [-0.1, -0.05) is 18.2 Å². The van der Waals surface area contributed by atoms with Gasteiger partial charge in [-0.05, 0) is 56.3 Å². The van der Waals surface area contributed by atoms with Gasteiger partial charge in [0, 0.05) is 43.8 Å². The Balaban J connectivity index is 0.00000363. The molecule has 0 aliphatic heterocycles. The van der Waals surface area contributed by atoms with Crippen LogP contribution in [0.2, 0.25) is 0 Å². The van der Waals surface area contributed by atoms with Crippen LogP contribution in [0.25, 0.3) is 0 Å². The molecule has 2 N–H and O–H groups in total. The molecule has 7 nitrogen and oxygen atoms in total. The molecule has 0 bridgehead atoms. The highest BCUT2D eigenvalue weighted by Gasteiger charge is 2.07. The zero-order chi connectivity index (χ0) is 22.1. The second-order valence-corrected chi connectivity index (χ2v) is 8.52. The summed E-state index contributed by atoms with van der Waals surface area (Å²) in [5.41, 5.74) is 2.53. The summed E-state index contributed by atoms with van der Waals surface area (Å²) < 4.78 is 1.98. The molecule has 0 aliphatic carbocycles. The number of hydrogen-bond donors (Lipinski definition) is 2. The van der Waals surface area contributed by atoms with E-state index in [4.69, 9.17) is 4.99 Å². The van der Waals surface area contributed by atoms with Gasteiger partial charge in [0.2, 0.25) is 0 Å². The summed E-state index contributed by atoms with van der Waals surface area (Å²) >= 11 is 1.78. The summed E-state index contributed by atoms with van der Waals surface area (Å²) in [4.78, 5) is 8.49. The van der Waals surface area contributed by atoms with E-state index >= 15 is 0 Å². The van der Waals surface area contributed by atoms with Crippen LogP contribution in [0.5, 0.6) is 0 Å². The maximum absolute atomic E-state index is 4.75. The largest absolute Gasteiger partial charge is 0.370 e. The minimum atomic E-state index is 0. The number of hydrogen-bond acceptors (Lipinski definition) is 5. The second kappa shape index (κ2) is 13.4. The molecule has 0 saturated heterocycles. The fraction of sp³-hybridized carbons (Fsp3) is 0.435. The van der Waals surface area contributed by atoms with Crippen molar-refractivity contribution in [3.05, 3.63) is 63.9 Å². The molecule has 0 aliphatic rings. The number of halogens is 1. The summed E-state index contributed by atoms with van der Waals surface area (Å²) in [5.74, 6) is 2.55. The first-order valence-corrected chi connectivity index (χ1v) is 11.7. The van der Waals surface area contributed by atoms with Crippen LogP contribution in [-0.2, 0) is 20.0 Å². The standard InChI is InChI=1S/C23H33N7S.HI/c1-5-30(20-9-6-8-18(2)16-20)14-13-25-23(24-12-11-21-10-7-15-31-21)26-17-22-28-27-19(3)29(22)4;/h6-10,15-16H,5,11-14,17H2,1-4H3,(H2,24,25,26);1H. The first kappa shape index (κ1) is 26.1. The Labute approximate surface area is 212 Å². The van der Waals surface area contributed by atoms with Gasteiger partial charge in [0.1, 0.15) is 12.4 Å². The van der Waals surface area contributed by atoms with Crippen LogP contribution in [0.3, 0.4) is 0 Å². The van der Waals surface area contributed by atoms with E-state index in [0.29, 0.717) is 6.54 Å². The van der Waals surface area contributed by atoms with E-state index in [9.17, 15) is 0 Å². The van der Waals surface area contributed by atoms with E-state index in [2.05, 4.69) is 81.4 Å². The molecule has 2 aromatic heterocycles. The van der Waals surface area contributed by atoms with Crippen molar-refractivity contribution >= 4 is 47.0 Å². The molecule has 32 heavy (non-hydrogen) atoms. The summed E-state index contributed by atoms with van der Waals surface area (Å²) in [6, 6.07) is 12.9. The van der Waals surface area contributed by atoms with Gasteiger partial charge < -0.3 is 20.1 Å². The number of aryl methyl sites for hydroxylation is 2. The molecule has 0 atom stereocenters. The molecule has 9 heteroatoms. The van der Waals surface area contributed by atoms with Gasteiger partial charge in [-0.3, -0.25) is 0 Å². The van der Waals surface area contributed by atoms with Crippen LogP contribution < -0.4 is 15.5 Å². The Bertz CT molecular complexity index is 969. The first-order chi connectivity index (χ1) is 15.1. The van der Waals surface area contributed by atoms with Gasteiger partial charge in [-0.2, -0.15) is 0 Å². The van der Waals surface area contributed by atoms with Gasteiger partial charge >= 0.3 is 0 Å². The number of thiophene rings is 1. The normalized spacial score (nSPS) is 11.2. The predicted octanol–water partition coefficient (Wildman–Crippen LogP) is 3.92. The lowest BCUT2D eigenvalue weighted by atomic mass is 10.2. The molecule has 2 heterocycles. The molecular weight excluding hydrogens is 533 g/mol. The molecule has 0 saturated carbocycles. The summed E-state index contributed by atoms with van der Waals surface area (Å²) in [7, 11) is 1.97. The van der Waals surface area contributed by atoms with Crippen molar-refractivity contribution in [3.63, 3.8) is 0 Å². The fourth-order valence-corrected chi connectivity index (χ4v) is 3.98. The van der Waals surface area contributed by atoms with E-state index in [1.165, 1.54) is 16.1 Å². The molecule has 3 rings (SSSR count). The molecule has 0 amide bonds.